The van der Waals surface area contributed by atoms with Crippen LogP contribution in [0, 0.1) is 6.92 Å². The second-order valence-electron chi connectivity index (χ2n) is 6.84. The molecule has 0 bridgehead atoms. The van der Waals surface area contributed by atoms with Gasteiger partial charge < -0.3 is 23.7 Å². The maximum Gasteiger partial charge on any atom is 0.345 e. The molecule has 2 aromatic heterocycles. The molecule has 0 aliphatic rings. The predicted octanol–water partition coefficient (Wildman–Crippen LogP) is 3.39. The quantitative estimate of drug-likeness (QED) is 0.347. The van der Waals surface area contributed by atoms with E-state index in [1.807, 2.05) is 0 Å². The molecule has 1 amide bonds. The van der Waals surface area contributed by atoms with Gasteiger partial charge in [0.05, 0.1) is 0 Å². The van der Waals surface area contributed by atoms with Crippen molar-refractivity contribution in [3.8, 4) is 5.75 Å². The molecule has 1 N–H and O–H groups in total. The first-order chi connectivity index (χ1) is 15.5. The molecule has 2 heterocycles. The second kappa shape index (κ2) is 9.17. The zero-order valence-corrected chi connectivity index (χ0v) is 16.9. The van der Waals surface area contributed by atoms with Crippen molar-refractivity contribution in [2.24, 2.45) is 0 Å². The molecule has 0 spiro atoms. The van der Waals surface area contributed by atoms with Crippen LogP contribution in [0.5, 0.6) is 5.75 Å². The van der Waals surface area contributed by atoms with E-state index in [0.29, 0.717) is 28.0 Å². The number of ether oxygens (including phenoxy) is 2. The first-order valence-corrected chi connectivity index (χ1v) is 9.63. The van der Waals surface area contributed by atoms with Crippen molar-refractivity contribution in [1.82, 2.24) is 5.16 Å². The molecule has 2 aromatic carbocycles. The number of aryl methyl sites for hydroxylation is 1. The zero-order valence-electron chi connectivity index (χ0n) is 16.9. The number of carbonyl (C=O) groups excluding carboxylic acids is 2. The fraction of sp³-hybridized carbons (Fsp3) is 0.130. The zero-order chi connectivity index (χ0) is 22.5. The van der Waals surface area contributed by atoms with E-state index in [4.69, 9.17) is 18.4 Å². The molecular formula is C23H18N2O7. The molecule has 0 saturated carbocycles. The maximum atomic E-state index is 12.8. The van der Waals surface area contributed by atoms with Gasteiger partial charge in [0.2, 0.25) is 6.10 Å². The number of hydrogen-bond donors (Lipinski definition) is 1. The van der Waals surface area contributed by atoms with Crippen LogP contribution in [0.1, 0.15) is 17.4 Å². The molecule has 9 heteroatoms. The summed E-state index contributed by atoms with van der Waals surface area (Å²) < 4.78 is 20.9. The minimum absolute atomic E-state index is 0.207. The van der Waals surface area contributed by atoms with Gasteiger partial charge in [-0.05, 0) is 25.1 Å². The maximum absolute atomic E-state index is 12.8. The lowest BCUT2D eigenvalue weighted by Crippen LogP contribution is -2.28. The Morgan fingerprint density at radius 3 is 2.59 bits per heavy atom. The number of fused-ring (bicyclic) bond motifs is 1. The van der Waals surface area contributed by atoms with Crippen LogP contribution in [0.15, 0.2) is 80.5 Å². The standard InChI is InChI=1S/C23H18N2O7/c1-14-11-19(25-32-14)24-23(28)22(16-5-3-2-4-6-16)31-21(27)13-29-17-9-7-15-8-10-20(26)30-18(15)12-17/h2-12,22H,13H2,1H3,(H,24,25,28). The molecule has 0 aliphatic carbocycles. The monoisotopic (exact) mass is 434 g/mol. The Hall–Kier alpha value is -4.40. The number of esters is 1. The first kappa shape index (κ1) is 20.9. The topological polar surface area (TPSA) is 121 Å². The third-order valence-corrected chi connectivity index (χ3v) is 4.42. The molecule has 0 radical (unpaired) electrons. The fourth-order valence-corrected chi connectivity index (χ4v) is 2.96. The molecule has 162 valence electrons. The smallest absolute Gasteiger partial charge is 0.345 e. The minimum Gasteiger partial charge on any atom is -0.482 e. The Morgan fingerprint density at radius 1 is 1.06 bits per heavy atom. The first-order valence-electron chi connectivity index (χ1n) is 9.63. The Balaban J connectivity index is 1.45. The van der Waals surface area contributed by atoms with Crippen molar-refractivity contribution >= 4 is 28.7 Å². The molecular weight excluding hydrogens is 416 g/mol. The summed E-state index contributed by atoms with van der Waals surface area (Å²) in [5.74, 6) is -0.320. The van der Waals surface area contributed by atoms with Crippen molar-refractivity contribution in [2.75, 3.05) is 11.9 Å². The number of carbonyl (C=O) groups is 2. The van der Waals surface area contributed by atoms with Crippen LogP contribution in [0.2, 0.25) is 0 Å². The van der Waals surface area contributed by atoms with E-state index in [1.54, 1.807) is 61.5 Å². The SMILES string of the molecule is Cc1cc(NC(=O)C(OC(=O)COc2ccc3ccc(=O)oc3c2)c2ccccc2)no1. The number of anilines is 1. The number of rotatable bonds is 7. The number of nitrogens with zero attached hydrogens (tertiary/aromatic N) is 1. The van der Waals surface area contributed by atoms with Gasteiger partial charge in [0.1, 0.15) is 17.1 Å². The molecule has 4 rings (SSSR count). The van der Waals surface area contributed by atoms with E-state index in [-0.39, 0.29) is 5.82 Å². The van der Waals surface area contributed by atoms with Crippen molar-refractivity contribution in [2.45, 2.75) is 13.0 Å². The van der Waals surface area contributed by atoms with Gasteiger partial charge in [0.15, 0.2) is 12.4 Å². The fourth-order valence-electron chi connectivity index (χ4n) is 2.96. The van der Waals surface area contributed by atoms with Crippen molar-refractivity contribution in [3.63, 3.8) is 0 Å². The highest BCUT2D eigenvalue weighted by atomic mass is 16.6. The summed E-state index contributed by atoms with van der Waals surface area (Å²) in [6.07, 6.45) is -1.22. The van der Waals surface area contributed by atoms with Gasteiger partial charge >= 0.3 is 11.6 Å². The molecule has 4 aromatic rings. The molecule has 0 fully saturated rings. The highest BCUT2D eigenvalue weighted by Crippen LogP contribution is 2.22. The predicted molar refractivity (Wildman–Crippen MR) is 113 cm³/mol. The molecule has 32 heavy (non-hydrogen) atoms. The summed E-state index contributed by atoms with van der Waals surface area (Å²) in [5.41, 5.74) is 0.312. The largest absolute Gasteiger partial charge is 0.482 e. The summed E-state index contributed by atoms with van der Waals surface area (Å²) in [5, 5.41) is 6.99. The number of amides is 1. The number of aromatic nitrogens is 1. The van der Waals surface area contributed by atoms with Gasteiger partial charge in [-0.25, -0.2) is 9.59 Å². The normalized spacial score (nSPS) is 11.7. The molecule has 0 aliphatic heterocycles. The lowest BCUT2D eigenvalue weighted by molar-refractivity contribution is -0.156. The van der Waals surface area contributed by atoms with Gasteiger partial charge in [-0.15, -0.1) is 0 Å². The van der Waals surface area contributed by atoms with Crippen LogP contribution in [0.25, 0.3) is 11.0 Å². The summed E-state index contributed by atoms with van der Waals surface area (Å²) in [6, 6.07) is 17.9. The van der Waals surface area contributed by atoms with E-state index < -0.39 is 30.2 Å². The van der Waals surface area contributed by atoms with E-state index in [2.05, 4.69) is 10.5 Å². The number of nitrogens with one attached hydrogen (secondary N) is 1. The molecule has 9 nitrogen and oxygen atoms in total. The molecule has 1 atom stereocenters. The Morgan fingerprint density at radius 2 is 1.84 bits per heavy atom. The van der Waals surface area contributed by atoms with Crippen LogP contribution in [0.3, 0.4) is 0 Å². The lowest BCUT2D eigenvalue weighted by Gasteiger charge is -2.17. The lowest BCUT2D eigenvalue weighted by atomic mass is 10.1. The van der Waals surface area contributed by atoms with Gasteiger partial charge in [0.25, 0.3) is 5.91 Å². The van der Waals surface area contributed by atoms with Gasteiger partial charge in [-0.2, -0.15) is 0 Å². The van der Waals surface area contributed by atoms with Crippen molar-refractivity contribution in [3.05, 3.63) is 88.5 Å². The third kappa shape index (κ3) is 5.01. The Bertz CT molecular complexity index is 1310. The van der Waals surface area contributed by atoms with Crippen LogP contribution >= 0.6 is 0 Å². The summed E-state index contributed by atoms with van der Waals surface area (Å²) in [6.45, 7) is 1.23. The van der Waals surface area contributed by atoms with Crippen LogP contribution in [-0.4, -0.2) is 23.6 Å². The Kier molecular flexibility index (Phi) is 5.98. The number of benzene rings is 2. The van der Waals surface area contributed by atoms with E-state index in [0.717, 1.165) is 0 Å². The highest BCUT2D eigenvalue weighted by Gasteiger charge is 2.26. The number of hydrogen-bond acceptors (Lipinski definition) is 8. The van der Waals surface area contributed by atoms with Gasteiger partial charge in [-0.1, -0.05) is 35.5 Å². The average Bonchev–Trinajstić information content (AvgIpc) is 3.20. The van der Waals surface area contributed by atoms with Crippen LogP contribution < -0.4 is 15.7 Å². The van der Waals surface area contributed by atoms with Crippen molar-refractivity contribution in [1.29, 1.82) is 0 Å². The van der Waals surface area contributed by atoms with E-state index in [9.17, 15) is 14.4 Å². The highest BCUT2D eigenvalue weighted by molar-refractivity contribution is 5.95. The molecule has 0 saturated heterocycles. The Labute approximate surface area is 181 Å². The van der Waals surface area contributed by atoms with Crippen LogP contribution in [0.4, 0.5) is 5.82 Å². The van der Waals surface area contributed by atoms with Gasteiger partial charge in [0, 0.05) is 29.1 Å². The summed E-state index contributed by atoms with van der Waals surface area (Å²) in [7, 11) is 0. The third-order valence-electron chi connectivity index (χ3n) is 4.42. The second-order valence-corrected chi connectivity index (χ2v) is 6.84. The van der Waals surface area contributed by atoms with Gasteiger partial charge in [-0.3, -0.25) is 4.79 Å². The summed E-state index contributed by atoms with van der Waals surface area (Å²) >= 11 is 0. The van der Waals surface area contributed by atoms with Crippen molar-refractivity contribution < 1.29 is 28.0 Å². The van der Waals surface area contributed by atoms with Crippen LogP contribution in [-0.2, 0) is 14.3 Å². The molecule has 1 unspecified atom stereocenters. The van der Waals surface area contributed by atoms with E-state index in [1.165, 1.54) is 12.1 Å². The average molecular weight is 434 g/mol. The summed E-state index contributed by atoms with van der Waals surface area (Å²) in [4.78, 5) is 36.6. The van der Waals surface area contributed by atoms with E-state index >= 15 is 0 Å². The minimum atomic E-state index is -1.22.